The molecule has 5 unspecified atom stereocenters. The molecule has 3 nitrogen and oxygen atoms in total. The zero-order chi connectivity index (χ0) is 13.4. The number of ether oxygens (including phenoxy) is 1. The van der Waals surface area contributed by atoms with Crippen molar-refractivity contribution in [3.05, 3.63) is 11.8 Å². The van der Waals surface area contributed by atoms with E-state index in [1.807, 2.05) is 0 Å². The Balaban J connectivity index is 2.18. The first-order chi connectivity index (χ1) is 8.45. The zero-order valence-corrected chi connectivity index (χ0v) is 12.5. The molecule has 0 saturated carbocycles. The van der Waals surface area contributed by atoms with Crippen molar-refractivity contribution >= 4 is 5.71 Å². The Morgan fingerprint density at radius 2 is 1.89 bits per heavy atom. The Labute approximate surface area is 111 Å². The normalized spacial score (nSPS) is 40.8. The van der Waals surface area contributed by atoms with Crippen LogP contribution in [0, 0.1) is 11.8 Å². The third kappa shape index (κ3) is 2.20. The van der Waals surface area contributed by atoms with Gasteiger partial charge in [0.2, 0.25) is 0 Å². The predicted molar refractivity (Wildman–Crippen MR) is 75.4 cm³/mol. The maximum atomic E-state index is 6.24. The van der Waals surface area contributed by atoms with Gasteiger partial charge in [-0.2, -0.15) is 0 Å². The van der Waals surface area contributed by atoms with Gasteiger partial charge in [-0.05, 0) is 38.7 Å². The molecule has 2 aliphatic rings. The van der Waals surface area contributed by atoms with Gasteiger partial charge in [0.1, 0.15) is 12.4 Å². The molecule has 0 spiro atoms. The second-order valence-electron chi connectivity index (χ2n) is 5.80. The number of allylic oxidation sites excluding steroid dienone is 1. The number of hydrogen-bond donors (Lipinski definition) is 0. The summed E-state index contributed by atoms with van der Waals surface area (Å²) >= 11 is 0. The highest BCUT2D eigenvalue weighted by atomic mass is 16.5. The van der Waals surface area contributed by atoms with Crippen molar-refractivity contribution in [3.63, 3.8) is 0 Å². The van der Waals surface area contributed by atoms with Crippen LogP contribution in [0.3, 0.4) is 0 Å². The van der Waals surface area contributed by atoms with Gasteiger partial charge in [-0.3, -0.25) is 4.99 Å². The molecular weight excluding hydrogens is 224 g/mol. The lowest BCUT2D eigenvalue weighted by Gasteiger charge is -2.36. The summed E-state index contributed by atoms with van der Waals surface area (Å²) in [6.45, 7) is 13.2. The van der Waals surface area contributed by atoms with Crippen molar-refractivity contribution in [2.75, 3.05) is 0 Å². The SMILES string of the molecule is CCC1OC(N2C=C(C)C(C)=NC2C)C(C)C1C. The highest BCUT2D eigenvalue weighted by Gasteiger charge is 2.42. The number of aliphatic imine (C=N–C) groups is 1. The van der Waals surface area contributed by atoms with Crippen LogP contribution in [0.1, 0.15) is 48.0 Å². The highest BCUT2D eigenvalue weighted by Crippen LogP contribution is 2.37. The fourth-order valence-electron chi connectivity index (χ4n) is 2.99. The molecule has 0 N–H and O–H groups in total. The van der Waals surface area contributed by atoms with Crippen LogP contribution in [-0.4, -0.2) is 29.1 Å². The van der Waals surface area contributed by atoms with Crippen molar-refractivity contribution in [1.82, 2.24) is 4.90 Å². The van der Waals surface area contributed by atoms with E-state index in [9.17, 15) is 0 Å². The number of rotatable bonds is 2. The minimum atomic E-state index is 0.173. The average Bonchev–Trinajstić information content (AvgIpc) is 2.61. The molecule has 2 heterocycles. The van der Waals surface area contributed by atoms with Crippen LogP contribution in [0.2, 0.25) is 0 Å². The third-order valence-corrected chi connectivity index (χ3v) is 4.60. The summed E-state index contributed by atoms with van der Waals surface area (Å²) in [6.07, 6.45) is 4.06. The van der Waals surface area contributed by atoms with Gasteiger partial charge in [0.25, 0.3) is 0 Å². The monoisotopic (exact) mass is 250 g/mol. The molecule has 2 aliphatic heterocycles. The molecule has 1 saturated heterocycles. The van der Waals surface area contributed by atoms with Crippen LogP contribution < -0.4 is 0 Å². The third-order valence-electron chi connectivity index (χ3n) is 4.60. The predicted octanol–water partition coefficient (Wildman–Crippen LogP) is 3.42. The Hall–Kier alpha value is -0.830. The summed E-state index contributed by atoms with van der Waals surface area (Å²) in [5.74, 6) is 1.17. The lowest BCUT2D eigenvalue weighted by molar-refractivity contribution is -0.0609. The fraction of sp³-hybridized carbons (Fsp3) is 0.800. The standard InChI is InChI=1S/C15H26N2O/c1-7-14-10(3)11(4)15(18-14)17-8-9(2)12(5)16-13(17)6/h8,10-11,13-15H,7H2,1-6H3. The lowest BCUT2D eigenvalue weighted by atomic mass is 9.91. The average molecular weight is 250 g/mol. The molecular formula is C15H26N2O. The van der Waals surface area contributed by atoms with Crippen LogP contribution in [0.4, 0.5) is 0 Å². The smallest absolute Gasteiger partial charge is 0.134 e. The van der Waals surface area contributed by atoms with E-state index in [0.717, 1.165) is 12.1 Å². The molecule has 18 heavy (non-hydrogen) atoms. The maximum absolute atomic E-state index is 6.24. The van der Waals surface area contributed by atoms with Crippen molar-refractivity contribution in [2.24, 2.45) is 16.8 Å². The Bertz CT molecular complexity index is 375. The molecule has 2 rings (SSSR count). The first kappa shape index (κ1) is 13.6. The van der Waals surface area contributed by atoms with Crippen LogP contribution in [0.25, 0.3) is 0 Å². The molecule has 0 aliphatic carbocycles. The number of hydrogen-bond acceptors (Lipinski definition) is 3. The van der Waals surface area contributed by atoms with Crippen LogP contribution in [0.5, 0.6) is 0 Å². The van der Waals surface area contributed by atoms with E-state index in [1.165, 1.54) is 5.57 Å². The van der Waals surface area contributed by atoms with Crippen molar-refractivity contribution in [3.8, 4) is 0 Å². The molecule has 0 amide bonds. The largest absolute Gasteiger partial charge is 0.355 e. The minimum absolute atomic E-state index is 0.173. The van der Waals surface area contributed by atoms with Gasteiger partial charge < -0.3 is 9.64 Å². The molecule has 0 aromatic carbocycles. The van der Waals surface area contributed by atoms with Crippen LogP contribution >= 0.6 is 0 Å². The summed E-state index contributed by atoms with van der Waals surface area (Å²) < 4.78 is 6.24. The Kier molecular flexibility index (Phi) is 3.81. The Morgan fingerprint density at radius 3 is 2.44 bits per heavy atom. The molecule has 102 valence electrons. The van der Waals surface area contributed by atoms with Crippen LogP contribution in [0.15, 0.2) is 16.8 Å². The first-order valence-electron chi connectivity index (χ1n) is 7.11. The van der Waals surface area contributed by atoms with E-state index in [0.29, 0.717) is 17.9 Å². The second-order valence-corrected chi connectivity index (χ2v) is 5.80. The van der Waals surface area contributed by atoms with E-state index in [4.69, 9.17) is 9.73 Å². The molecule has 0 bridgehead atoms. The first-order valence-corrected chi connectivity index (χ1v) is 7.11. The fourth-order valence-corrected chi connectivity index (χ4v) is 2.99. The summed E-state index contributed by atoms with van der Waals surface area (Å²) in [4.78, 5) is 6.99. The van der Waals surface area contributed by atoms with E-state index in [2.05, 4.69) is 52.6 Å². The summed E-state index contributed by atoms with van der Waals surface area (Å²) in [5.41, 5.74) is 2.39. The molecule has 0 aromatic rings. The molecule has 3 heteroatoms. The van der Waals surface area contributed by atoms with E-state index >= 15 is 0 Å². The highest BCUT2D eigenvalue weighted by molar-refractivity contribution is 5.98. The van der Waals surface area contributed by atoms with Gasteiger partial charge in [0.05, 0.1) is 6.10 Å². The molecule has 1 fully saturated rings. The van der Waals surface area contributed by atoms with E-state index in [-0.39, 0.29) is 12.4 Å². The van der Waals surface area contributed by atoms with Crippen molar-refractivity contribution in [1.29, 1.82) is 0 Å². The Morgan fingerprint density at radius 1 is 1.22 bits per heavy atom. The maximum Gasteiger partial charge on any atom is 0.134 e. The van der Waals surface area contributed by atoms with E-state index in [1.54, 1.807) is 0 Å². The van der Waals surface area contributed by atoms with Gasteiger partial charge in [-0.25, -0.2) is 0 Å². The van der Waals surface area contributed by atoms with Gasteiger partial charge in [0, 0.05) is 17.8 Å². The lowest BCUT2D eigenvalue weighted by Crippen LogP contribution is -2.42. The quantitative estimate of drug-likeness (QED) is 0.750. The van der Waals surface area contributed by atoms with Gasteiger partial charge in [-0.15, -0.1) is 0 Å². The zero-order valence-electron chi connectivity index (χ0n) is 12.5. The summed E-state index contributed by atoms with van der Waals surface area (Å²) in [5, 5.41) is 0. The second kappa shape index (κ2) is 5.04. The van der Waals surface area contributed by atoms with Gasteiger partial charge in [-0.1, -0.05) is 20.8 Å². The van der Waals surface area contributed by atoms with Gasteiger partial charge in [0.15, 0.2) is 0 Å². The number of nitrogens with zero attached hydrogens (tertiary/aromatic N) is 2. The van der Waals surface area contributed by atoms with Crippen molar-refractivity contribution in [2.45, 2.75) is 66.5 Å². The molecule has 0 radical (unpaired) electrons. The van der Waals surface area contributed by atoms with Crippen molar-refractivity contribution < 1.29 is 4.74 Å². The topological polar surface area (TPSA) is 24.8 Å². The van der Waals surface area contributed by atoms with Crippen LogP contribution in [-0.2, 0) is 4.74 Å². The van der Waals surface area contributed by atoms with Gasteiger partial charge >= 0.3 is 0 Å². The minimum Gasteiger partial charge on any atom is -0.355 e. The summed E-state index contributed by atoms with van der Waals surface area (Å²) in [7, 11) is 0. The molecule has 0 aromatic heterocycles. The van der Waals surface area contributed by atoms with E-state index < -0.39 is 0 Å². The summed E-state index contributed by atoms with van der Waals surface area (Å²) in [6, 6.07) is 0. The molecule has 5 atom stereocenters.